The topological polar surface area (TPSA) is 192 Å². The van der Waals surface area contributed by atoms with Crippen LogP contribution in [-0.2, 0) is 40.7 Å². The largest absolute Gasteiger partial charge is 0.748 e. The lowest BCUT2D eigenvalue weighted by Crippen LogP contribution is -2.32. The molecule has 2 aliphatic rings. The number of carboxylic acid groups (broad SMARTS) is 2. The highest BCUT2D eigenvalue weighted by Crippen LogP contribution is 2.51. The molecule has 0 aromatic heterocycles. The van der Waals surface area contributed by atoms with Crippen LogP contribution in [0.2, 0.25) is 0 Å². The Kier molecular flexibility index (Phi) is 19.2. The number of benzene rings is 2. The average Bonchev–Trinajstić information content (AvgIpc) is 3.49. The summed E-state index contributed by atoms with van der Waals surface area (Å²) in [5.74, 6) is -2.78. The minimum atomic E-state index is -4.40. The zero-order valence-corrected chi connectivity index (χ0v) is 39.4. The minimum absolute atomic E-state index is 0.0788. The fraction of sp³-hybridized carbons (Fsp3) is 0.419. The monoisotopic (exact) mass is 1080 g/mol. The number of hydrogen-bond acceptors (Lipinski definition) is 8. The van der Waals surface area contributed by atoms with Gasteiger partial charge in [0.1, 0.15) is 0 Å². The van der Waals surface area contributed by atoms with Crippen LogP contribution in [0.25, 0.3) is 0 Å². The number of unbranched alkanes of at least 4 members (excludes halogenated alkanes) is 4. The van der Waals surface area contributed by atoms with Gasteiger partial charge in [-0.05, 0) is 133 Å². The van der Waals surface area contributed by atoms with Crippen molar-refractivity contribution >= 4 is 94.4 Å². The number of halogens is 2. The van der Waals surface area contributed by atoms with Crippen LogP contribution in [0.1, 0.15) is 95.6 Å². The molecule has 0 aliphatic carbocycles. The van der Waals surface area contributed by atoms with E-state index in [4.69, 9.17) is 10.2 Å². The van der Waals surface area contributed by atoms with Gasteiger partial charge in [-0.15, -0.1) is 13.2 Å². The molecule has 16 heteroatoms. The molecule has 2 heterocycles. The lowest BCUT2D eigenvalue weighted by molar-refractivity contribution is -0.416. The third-order valence-electron chi connectivity index (χ3n) is 10.6. The number of aliphatic carboxylic acids is 2. The van der Waals surface area contributed by atoms with E-state index in [9.17, 15) is 35.5 Å². The highest BCUT2D eigenvalue weighted by atomic mass is 127. The number of anilines is 1. The molecule has 0 saturated carbocycles. The summed E-state index contributed by atoms with van der Waals surface area (Å²) in [6, 6.07) is 11.9. The van der Waals surface area contributed by atoms with E-state index in [1.165, 1.54) is 0 Å². The first kappa shape index (κ1) is 50.2. The maximum atomic E-state index is 12.2. The maximum absolute atomic E-state index is 12.2. The fourth-order valence-electron chi connectivity index (χ4n) is 7.87. The first-order valence-corrected chi connectivity index (χ1v) is 24.7. The number of allylic oxidation sites excluding steroid dienone is 8. The van der Waals surface area contributed by atoms with Gasteiger partial charge in [0, 0.05) is 66.8 Å². The molecule has 2 aromatic carbocycles. The quantitative estimate of drug-likeness (QED) is 0.0254. The number of carboxylic acids is 2. The Morgan fingerprint density at radius 2 is 1.32 bits per heavy atom. The van der Waals surface area contributed by atoms with Crippen molar-refractivity contribution in [3.63, 3.8) is 0 Å². The molecule has 12 nitrogen and oxygen atoms in total. The van der Waals surface area contributed by atoms with Crippen LogP contribution in [-0.4, -0.2) is 76.6 Å². The number of hydrogen-bond donors (Lipinski definition) is 3. The number of carbonyl (C=O) groups is 2. The molecule has 4 rings (SSSR count). The van der Waals surface area contributed by atoms with Crippen LogP contribution in [0, 0.1) is 7.14 Å². The third kappa shape index (κ3) is 14.5. The van der Waals surface area contributed by atoms with Gasteiger partial charge < -0.3 is 19.7 Å². The molecule has 0 bridgehead atoms. The molecule has 0 spiro atoms. The van der Waals surface area contributed by atoms with Crippen molar-refractivity contribution in [1.82, 2.24) is 0 Å². The van der Waals surface area contributed by atoms with Crippen molar-refractivity contribution < 1.29 is 50.3 Å². The van der Waals surface area contributed by atoms with E-state index < -0.39 is 54.6 Å². The molecule has 0 fully saturated rings. The smallest absolute Gasteiger partial charge is 0.326 e. The SMILES string of the molecule is C=C.CC1(CCCCCC(=O)O)C(=CC=CC=CC=CC2=[N+](CS(=O)(=O)O)c3ccc(I)cc3C2(C)CCCCCC(=O)O)N(CCCS(=O)(=O)[O-])c2ccc(I)cc21. The molecule has 59 heavy (non-hydrogen) atoms. The second-order valence-electron chi connectivity index (χ2n) is 14.9. The van der Waals surface area contributed by atoms with Crippen LogP contribution in [0.3, 0.4) is 0 Å². The van der Waals surface area contributed by atoms with E-state index in [0.29, 0.717) is 50.0 Å². The van der Waals surface area contributed by atoms with Gasteiger partial charge in [-0.1, -0.05) is 56.1 Å². The Bertz CT molecular complexity index is 2220. The predicted octanol–water partition coefficient (Wildman–Crippen LogP) is 9.24. The molecule has 3 N–H and O–H groups in total. The van der Waals surface area contributed by atoms with E-state index in [-0.39, 0.29) is 19.3 Å². The van der Waals surface area contributed by atoms with Gasteiger partial charge in [-0.25, -0.2) is 8.42 Å². The fourth-order valence-corrected chi connectivity index (χ4v) is 9.94. The Hall–Kier alpha value is -3.17. The van der Waals surface area contributed by atoms with Crippen molar-refractivity contribution in [3.05, 3.63) is 116 Å². The van der Waals surface area contributed by atoms with Crippen LogP contribution in [0.4, 0.5) is 11.4 Å². The summed E-state index contributed by atoms with van der Waals surface area (Å²) in [5, 5.41) is 18.2. The summed E-state index contributed by atoms with van der Waals surface area (Å²) < 4.78 is 72.5. The van der Waals surface area contributed by atoms with E-state index in [0.717, 1.165) is 48.9 Å². The molecule has 2 aromatic rings. The summed E-state index contributed by atoms with van der Waals surface area (Å²) >= 11 is 4.48. The standard InChI is InChI=1S/C41H50I2N2O10S2.C2H4/c1-40(23-12-6-10-17-38(46)47)32-27-30(42)19-21-34(32)44(25-14-26-56(50,51)52)36(40)15-8-4-3-5-9-16-37-41(2,24-13-7-11-18-39(48)49)33-28-31(43)20-22-35(33)45(37)29-57(53,54)55;1-2/h3-5,8-9,15-16,19-22,27-28H,6-7,10-14,17-18,23-26,29H2,1-2H3,(H3-,46,47,48,49,50,51,52,53,54,55);1-2H2. The molecule has 0 radical (unpaired) electrons. The summed E-state index contributed by atoms with van der Waals surface area (Å²) in [7, 11) is -8.80. The molecule has 2 atom stereocenters. The van der Waals surface area contributed by atoms with Crippen molar-refractivity contribution in [1.29, 1.82) is 0 Å². The molecule has 2 unspecified atom stereocenters. The first-order valence-electron chi connectivity index (χ1n) is 19.3. The van der Waals surface area contributed by atoms with Gasteiger partial charge in [-0.3, -0.25) is 14.1 Å². The van der Waals surface area contributed by atoms with Crippen molar-refractivity contribution in [2.45, 2.75) is 95.3 Å². The predicted molar refractivity (Wildman–Crippen MR) is 249 cm³/mol. The molecule has 0 saturated heterocycles. The number of rotatable bonds is 22. The summed E-state index contributed by atoms with van der Waals surface area (Å²) in [6.07, 6.45) is 18.8. The zero-order valence-electron chi connectivity index (χ0n) is 33.5. The van der Waals surface area contributed by atoms with E-state index >= 15 is 0 Å². The van der Waals surface area contributed by atoms with E-state index in [1.54, 1.807) is 4.58 Å². The zero-order chi connectivity index (χ0) is 44.0. The normalized spacial score (nSPS) is 19.8. The Balaban J connectivity index is 0.00000458. The van der Waals surface area contributed by atoms with Gasteiger partial charge in [0.05, 0.1) is 15.5 Å². The van der Waals surface area contributed by atoms with Crippen LogP contribution in [0.5, 0.6) is 0 Å². The summed E-state index contributed by atoms with van der Waals surface area (Å²) in [5.41, 5.74) is 4.19. The molecule has 0 amide bonds. The Labute approximate surface area is 376 Å². The summed E-state index contributed by atoms with van der Waals surface area (Å²) in [4.78, 5) is 24.3. The highest BCUT2D eigenvalue weighted by molar-refractivity contribution is 14.1. The molecule has 322 valence electrons. The number of nitrogens with zero attached hydrogens (tertiary/aromatic N) is 2. The molecular weight excluding hydrogens is 1020 g/mol. The Morgan fingerprint density at radius 1 is 0.780 bits per heavy atom. The summed E-state index contributed by atoms with van der Waals surface area (Å²) in [6.45, 7) is 10.5. The average molecular weight is 1080 g/mol. The second-order valence-corrected chi connectivity index (χ2v) is 20.3. The highest BCUT2D eigenvalue weighted by Gasteiger charge is 2.48. The van der Waals surface area contributed by atoms with E-state index in [2.05, 4.69) is 76.2 Å². The molecule has 2 aliphatic heterocycles. The van der Waals surface area contributed by atoms with E-state index in [1.807, 2.05) is 79.8 Å². The van der Waals surface area contributed by atoms with Crippen LogP contribution < -0.4 is 4.90 Å². The van der Waals surface area contributed by atoms with Gasteiger partial charge in [0.25, 0.3) is 5.88 Å². The maximum Gasteiger partial charge on any atom is 0.326 e. The third-order valence-corrected chi connectivity index (χ3v) is 13.3. The lowest BCUT2D eigenvalue weighted by atomic mass is 9.75. The Morgan fingerprint density at radius 3 is 1.90 bits per heavy atom. The van der Waals surface area contributed by atoms with Crippen LogP contribution in [0.15, 0.2) is 97.8 Å². The van der Waals surface area contributed by atoms with Crippen molar-refractivity contribution in [2.75, 3.05) is 23.1 Å². The number of fused-ring (bicyclic) bond motifs is 2. The van der Waals surface area contributed by atoms with Gasteiger partial charge in [0.2, 0.25) is 5.69 Å². The molecular formula is C43H54I2N2O10S2. The van der Waals surface area contributed by atoms with Crippen molar-refractivity contribution in [2.24, 2.45) is 0 Å². The first-order chi connectivity index (χ1) is 27.7. The van der Waals surface area contributed by atoms with Gasteiger partial charge in [-0.2, -0.15) is 13.0 Å². The lowest BCUT2D eigenvalue weighted by Gasteiger charge is -2.30. The second kappa shape index (κ2) is 22.6. The van der Waals surface area contributed by atoms with Gasteiger partial charge >= 0.3 is 22.1 Å². The minimum Gasteiger partial charge on any atom is -0.748 e. The van der Waals surface area contributed by atoms with Crippen molar-refractivity contribution in [3.8, 4) is 0 Å². The van der Waals surface area contributed by atoms with Crippen LogP contribution >= 0.6 is 45.2 Å². The van der Waals surface area contributed by atoms with Gasteiger partial charge in [0.15, 0.2) is 5.71 Å².